The second-order valence-corrected chi connectivity index (χ2v) is 6.07. The largest absolute Gasteiger partial charge is 0.457 e. The van der Waals surface area contributed by atoms with Gasteiger partial charge in [-0.2, -0.15) is 5.10 Å². The minimum absolute atomic E-state index is 0.0436. The predicted molar refractivity (Wildman–Crippen MR) is 127 cm³/mol. The van der Waals surface area contributed by atoms with Gasteiger partial charge in [0.2, 0.25) is 5.91 Å². The van der Waals surface area contributed by atoms with Crippen LogP contribution in [-0.4, -0.2) is 43.5 Å². The van der Waals surface area contributed by atoms with Crippen LogP contribution < -0.4 is 10.5 Å². The Morgan fingerprint density at radius 3 is 2.85 bits per heavy atom. The summed E-state index contributed by atoms with van der Waals surface area (Å²) < 4.78 is 181. The molecule has 1 aliphatic rings. The Bertz CT molecular complexity index is 2270. The zero-order valence-corrected chi connectivity index (χ0v) is 16.2. The van der Waals surface area contributed by atoms with Crippen LogP contribution in [0.5, 0.6) is 11.5 Å². The van der Waals surface area contributed by atoms with E-state index in [1.807, 2.05) is 0 Å². The molecular weight excluding hydrogens is 416 g/mol. The lowest BCUT2D eigenvalue weighted by Crippen LogP contribution is -2.40. The summed E-state index contributed by atoms with van der Waals surface area (Å²) in [6.45, 7) is -9.70. The molecule has 0 saturated carbocycles. The highest BCUT2D eigenvalue weighted by Crippen LogP contribution is 2.34. The van der Waals surface area contributed by atoms with E-state index < -0.39 is 149 Å². The van der Waals surface area contributed by atoms with Gasteiger partial charge in [-0.3, -0.25) is 4.79 Å². The van der Waals surface area contributed by atoms with E-state index in [1.165, 1.54) is 0 Å². The first kappa shape index (κ1) is 7.69. The molecule has 1 aliphatic heterocycles. The quantitative estimate of drug-likeness (QED) is 0.447. The minimum atomic E-state index is -4.11. The van der Waals surface area contributed by atoms with E-state index in [-0.39, 0.29) is 4.68 Å². The number of fused-ring (bicyclic) bond motifs is 1. The normalized spacial score (nSPS) is 33.3. The number of aromatic nitrogens is 4. The third kappa shape index (κ3) is 4.03. The Morgan fingerprint density at radius 2 is 2.06 bits per heavy atom. The number of nitrogens with zero attached hydrogens (tertiary/aromatic N) is 5. The number of carbonyl (C=O) groups is 1. The highest BCUT2D eigenvalue weighted by Gasteiger charge is 2.28. The van der Waals surface area contributed by atoms with Gasteiger partial charge in [0.25, 0.3) is 0 Å². The minimum Gasteiger partial charge on any atom is -0.457 e. The number of ether oxygens (including phenoxy) is 1. The fourth-order valence-corrected chi connectivity index (χ4v) is 2.73. The van der Waals surface area contributed by atoms with Gasteiger partial charge in [-0.15, -0.1) is 0 Å². The maximum atomic E-state index is 13.3. The van der Waals surface area contributed by atoms with E-state index >= 15 is 0 Å². The van der Waals surface area contributed by atoms with Crippen molar-refractivity contribution < 1.29 is 38.3 Å². The maximum absolute atomic E-state index is 13.3. The first-order valence-electron chi connectivity index (χ1n) is 19.4. The van der Waals surface area contributed by atoms with Gasteiger partial charge in [-0.05, 0) is 55.1 Å². The maximum Gasteiger partial charge on any atom is 0.246 e. The van der Waals surface area contributed by atoms with Crippen molar-refractivity contribution in [1.82, 2.24) is 24.6 Å². The average molecular weight is 462 g/mol. The summed E-state index contributed by atoms with van der Waals surface area (Å²) in [5.41, 5.74) is 3.63. The molecular formula is C25H24N6O2. The van der Waals surface area contributed by atoms with Crippen molar-refractivity contribution in [3.63, 3.8) is 0 Å². The summed E-state index contributed by atoms with van der Waals surface area (Å²) in [6.07, 6.45) is -7.46. The van der Waals surface area contributed by atoms with Crippen LogP contribution in [0, 0.1) is 0 Å². The Balaban J connectivity index is 1.86. The van der Waals surface area contributed by atoms with Gasteiger partial charge in [0.1, 0.15) is 29.3 Å². The number of anilines is 1. The molecule has 0 spiro atoms. The first-order valence-corrected chi connectivity index (χ1v) is 8.91. The van der Waals surface area contributed by atoms with Gasteiger partial charge < -0.3 is 15.4 Å². The molecule has 0 bridgehead atoms. The van der Waals surface area contributed by atoms with Crippen LogP contribution in [0.15, 0.2) is 73.3 Å². The number of likely N-dealkylation sites (tertiary alicyclic amines) is 1. The molecule has 33 heavy (non-hydrogen) atoms. The summed E-state index contributed by atoms with van der Waals surface area (Å²) in [7, 11) is 0. The summed E-state index contributed by atoms with van der Waals surface area (Å²) in [6, 6.07) is -14.1. The lowest BCUT2D eigenvalue weighted by molar-refractivity contribution is -0.127. The molecule has 0 aliphatic carbocycles. The number of piperidine rings is 1. The molecule has 4 aromatic rings. The molecule has 1 amide bonds. The highest BCUT2D eigenvalue weighted by atomic mass is 16.5. The van der Waals surface area contributed by atoms with E-state index in [0.717, 1.165) is 0 Å². The van der Waals surface area contributed by atoms with Gasteiger partial charge in [-0.25, -0.2) is 14.6 Å². The standard InChI is InChI=1S/C25H24N6O2/c1-2-21(32)30-14-6-7-18(15-30)31-25-22(24(26)27-16-28-25)23(29-31)17-10-12-20(13-11-17)33-19-8-4-3-5-9-19/h2-5,8-13,16,18H,1,6-7,14-15H2,(H2,26,27,28)/t18-/m1/s1/i1D2,2D,3D,4D,5D,6D2,7D2,8D,9D,10D,11D,12D,13D,14D2,15D2,18D. The van der Waals surface area contributed by atoms with Gasteiger partial charge >= 0.3 is 0 Å². The van der Waals surface area contributed by atoms with Crippen LogP contribution >= 0.6 is 0 Å². The number of amides is 1. The van der Waals surface area contributed by atoms with E-state index in [9.17, 15) is 6.17 Å². The number of para-hydroxylation sites is 1. The van der Waals surface area contributed by atoms with E-state index in [1.54, 1.807) is 0 Å². The van der Waals surface area contributed by atoms with Crippen LogP contribution in [0.25, 0.3) is 22.3 Å². The van der Waals surface area contributed by atoms with Gasteiger partial charge in [0.15, 0.2) is 5.65 Å². The molecule has 5 rings (SSSR count). The summed E-state index contributed by atoms with van der Waals surface area (Å²) in [5, 5.41) is 3.41. The lowest BCUT2D eigenvalue weighted by atomic mass is 10.1. The molecule has 0 radical (unpaired) electrons. The molecule has 2 N–H and O–H groups in total. The van der Waals surface area contributed by atoms with Crippen LogP contribution in [0.4, 0.5) is 5.82 Å². The number of hydrogen-bond donors (Lipinski definition) is 1. The topological polar surface area (TPSA) is 99.2 Å². The molecule has 8 nitrogen and oxygen atoms in total. The first-order chi connectivity index (χ1) is 24.6. The van der Waals surface area contributed by atoms with E-state index in [4.69, 9.17) is 37.9 Å². The second kappa shape index (κ2) is 8.74. The molecule has 1 atom stereocenters. The summed E-state index contributed by atoms with van der Waals surface area (Å²) >= 11 is 0. The van der Waals surface area contributed by atoms with Crippen molar-refractivity contribution in [2.24, 2.45) is 0 Å². The zero-order chi connectivity index (χ0) is 41.2. The fourth-order valence-electron chi connectivity index (χ4n) is 2.73. The molecule has 3 heterocycles. The monoisotopic (exact) mass is 461 g/mol. The van der Waals surface area contributed by atoms with Crippen molar-refractivity contribution in [1.29, 1.82) is 0 Å². The van der Waals surface area contributed by atoms with Crippen LogP contribution in [-0.2, 0) is 4.79 Å². The SMILES string of the molecule is [2H]C([2H])=C([2H])C(=O)N1C([2H])([2H])C([2H])([2H])C([2H])([2H])[C@@]([2H])(n2nc(-c3c([2H])c([2H])c(Oc4c([2H])c([2H])c([2H])c([2H])c4[2H])c([2H])c3[2H])c3c(N)ncnc32)C1([2H])[2H]. The van der Waals surface area contributed by atoms with Crippen molar-refractivity contribution in [2.45, 2.75) is 18.8 Å². The lowest BCUT2D eigenvalue weighted by Gasteiger charge is -2.32. The molecule has 2 aromatic heterocycles. The smallest absolute Gasteiger partial charge is 0.246 e. The van der Waals surface area contributed by atoms with Crippen LogP contribution in [0.2, 0.25) is 0 Å². The number of nitrogens with two attached hydrogens (primary N) is 1. The molecule has 2 aromatic carbocycles. The summed E-state index contributed by atoms with van der Waals surface area (Å²) in [4.78, 5) is 20.3. The van der Waals surface area contributed by atoms with E-state index in [2.05, 4.69) is 15.1 Å². The number of benzene rings is 2. The molecule has 8 heteroatoms. The number of carbonyl (C=O) groups excluding carboxylic acids is 1. The highest BCUT2D eigenvalue weighted by molar-refractivity contribution is 5.98. The number of hydrogen-bond acceptors (Lipinski definition) is 6. The predicted octanol–water partition coefficient (Wildman–Crippen LogP) is 4.22. The fraction of sp³-hybridized carbons (Fsp3) is 0.200. The van der Waals surface area contributed by atoms with Crippen molar-refractivity contribution in [3.05, 3.63) is 73.3 Å². The van der Waals surface area contributed by atoms with Gasteiger partial charge in [0, 0.05) is 26.8 Å². The molecule has 1 fully saturated rings. The van der Waals surface area contributed by atoms with Gasteiger partial charge in [0.05, 0.1) is 32.0 Å². The van der Waals surface area contributed by atoms with E-state index in [0.29, 0.717) is 6.33 Å². The number of nitrogen functional groups attached to an aromatic ring is 1. The third-order valence-electron chi connectivity index (χ3n) is 4.10. The van der Waals surface area contributed by atoms with Gasteiger partial charge in [-0.1, -0.05) is 24.7 Å². The Hall–Kier alpha value is -4.20. The van der Waals surface area contributed by atoms with Crippen LogP contribution in [0.3, 0.4) is 0 Å². The van der Waals surface area contributed by atoms with Crippen molar-refractivity contribution in [2.75, 3.05) is 18.7 Å². The van der Waals surface area contributed by atoms with Crippen molar-refractivity contribution in [3.8, 4) is 22.8 Å². The van der Waals surface area contributed by atoms with Crippen LogP contribution in [0.1, 0.15) is 47.5 Å². The molecule has 1 saturated heterocycles. The number of rotatable bonds is 5. The molecule has 0 unspecified atom stereocenters. The van der Waals surface area contributed by atoms with Crippen molar-refractivity contribution >= 4 is 22.8 Å². The Labute approximate surface area is 220 Å². The zero-order valence-electron chi connectivity index (χ0n) is 37.2. The molecule has 166 valence electrons. The summed E-state index contributed by atoms with van der Waals surface area (Å²) in [5.74, 6) is -4.53. The average Bonchev–Trinajstić information content (AvgIpc) is 3.47. The third-order valence-corrected chi connectivity index (χ3v) is 4.10. The Morgan fingerprint density at radius 1 is 1.27 bits per heavy atom. The second-order valence-electron chi connectivity index (χ2n) is 6.07. The Kier molecular flexibility index (Phi) is 2.04.